The number of hydrogen-bond donors (Lipinski definition) is 0. The molecule has 0 amide bonds. The van der Waals surface area contributed by atoms with Gasteiger partial charge in [0.05, 0.1) is 17.9 Å². The third-order valence-corrected chi connectivity index (χ3v) is 3.80. The Morgan fingerprint density at radius 1 is 0.889 bits per heavy atom. The molecule has 0 atom stereocenters. The maximum absolute atomic E-state index is 11.7. The van der Waals surface area contributed by atoms with Crippen LogP contribution in [-0.4, -0.2) is 23.3 Å². The molecule has 0 fully saturated rings. The number of carbonyl (C=O) groups is 1. The van der Waals surface area contributed by atoms with Gasteiger partial charge < -0.3 is 9.57 Å². The van der Waals surface area contributed by atoms with Gasteiger partial charge in [-0.3, -0.25) is 4.98 Å². The first-order valence-corrected chi connectivity index (χ1v) is 8.70. The number of hydrogen-bond acceptors (Lipinski definition) is 5. The van der Waals surface area contributed by atoms with Gasteiger partial charge in [-0.25, -0.2) is 4.79 Å². The summed E-state index contributed by atoms with van der Waals surface area (Å²) in [6.07, 6.45) is 1.48. The maximum atomic E-state index is 11.7. The van der Waals surface area contributed by atoms with Gasteiger partial charge >= 0.3 is 5.97 Å². The first-order valence-electron chi connectivity index (χ1n) is 8.70. The number of pyridine rings is 1. The van der Waals surface area contributed by atoms with E-state index in [1.807, 2.05) is 60.7 Å². The lowest BCUT2D eigenvalue weighted by Gasteiger charge is -2.07. The molecule has 3 aromatic rings. The molecule has 0 spiro atoms. The fraction of sp³-hybridized carbons (Fsp3) is 0.136. The van der Waals surface area contributed by atoms with Gasteiger partial charge in [0, 0.05) is 17.3 Å². The largest absolute Gasteiger partial charge is 0.462 e. The third kappa shape index (κ3) is 5.01. The molecular weight excluding hydrogens is 340 g/mol. The molecule has 0 bridgehead atoms. The van der Waals surface area contributed by atoms with Crippen molar-refractivity contribution in [2.45, 2.75) is 13.5 Å². The first kappa shape index (κ1) is 18.3. The Kier molecular flexibility index (Phi) is 6.30. The summed E-state index contributed by atoms with van der Waals surface area (Å²) in [6, 6.07) is 23.1. The van der Waals surface area contributed by atoms with Crippen molar-refractivity contribution >= 4 is 11.7 Å². The van der Waals surface area contributed by atoms with Crippen LogP contribution in [0.15, 0.2) is 84.1 Å². The Bertz CT molecular complexity index is 850. The van der Waals surface area contributed by atoms with E-state index in [1.54, 1.807) is 19.1 Å². The van der Waals surface area contributed by atoms with E-state index in [1.165, 1.54) is 6.20 Å². The minimum Gasteiger partial charge on any atom is -0.462 e. The molecule has 1 aromatic heterocycles. The Hall–Kier alpha value is -3.47. The van der Waals surface area contributed by atoms with Crippen LogP contribution in [0.25, 0.3) is 0 Å². The highest BCUT2D eigenvalue weighted by Gasteiger charge is 2.09. The van der Waals surface area contributed by atoms with E-state index in [9.17, 15) is 4.79 Å². The van der Waals surface area contributed by atoms with Gasteiger partial charge in [-0.15, -0.1) is 0 Å². The van der Waals surface area contributed by atoms with Gasteiger partial charge in [-0.1, -0.05) is 65.8 Å². The van der Waals surface area contributed by atoms with E-state index in [2.05, 4.69) is 10.1 Å². The molecule has 0 aliphatic carbocycles. The van der Waals surface area contributed by atoms with Crippen molar-refractivity contribution in [2.24, 2.45) is 5.16 Å². The number of carbonyl (C=O) groups excluding carboxylic acids is 1. The molecule has 2 aromatic carbocycles. The Balaban J connectivity index is 1.73. The minimum atomic E-state index is -0.383. The number of aromatic nitrogens is 1. The molecule has 27 heavy (non-hydrogen) atoms. The minimum absolute atomic E-state index is 0.201. The molecule has 1 heterocycles. The predicted molar refractivity (Wildman–Crippen MR) is 104 cm³/mol. The van der Waals surface area contributed by atoms with E-state index in [4.69, 9.17) is 9.57 Å². The molecule has 0 unspecified atom stereocenters. The third-order valence-electron chi connectivity index (χ3n) is 3.80. The van der Waals surface area contributed by atoms with Crippen molar-refractivity contribution in [3.63, 3.8) is 0 Å². The zero-order valence-corrected chi connectivity index (χ0v) is 15.0. The van der Waals surface area contributed by atoms with E-state index < -0.39 is 0 Å². The number of benzene rings is 2. The van der Waals surface area contributed by atoms with E-state index in [-0.39, 0.29) is 12.6 Å². The standard InChI is InChI=1S/C22H20N2O3/c1-2-26-22(25)19-13-14-20(23-15-19)16-27-24-21(17-9-5-3-6-10-17)18-11-7-4-8-12-18/h3-15H,2,16H2,1H3. The normalized spacial score (nSPS) is 10.1. The molecule has 0 radical (unpaired) electrons. The Labute approximate surface area is 158 Å². The number of nitrogens with zero attached hydrogens (tertiary/aromatic N) is 2. The van der Waals surface area contributed by atoms with Gasteiger partial charge in [-0.05, 0) is 19.1 Å². The first-order chi connectivity index (χ1) is 13.3. The van der Waals surface area contributed by atoms with E-state index >= 15 is 0 Å². The molecule has 3 rings (SSSR count). The highest BCUT2D eigenvalue weighted by molar-refractivity contribution is 6.12. The highest BCUT2D eigenvalue weighted by atomic mass is 16.6. The molecule has 0 aliphatic heterocycles. The van der Waals surface area contributed by atoms with Gasteiger partial charge in [-0.2, -0.15) is 0 Å². The second-order valence-electron chi connectivity index (χ2n) is 5.70. The summed E-state index contributed by atoms with van der Waals surface area (Å²) in [6.45, 7) is 2.30. The summed E-state index contributed by atoms with van der Waals surface area (Å²) < 4.78 is 4.95. The van der Waals surface area contributed by atoms with Crippen molar-refractivity contribution in [1.29, 1.82) is 0 Å². The molecule has 0 N–H and O–H groups in total. The summed E-state index contributed by atoms with van der Waals surface area (Å²) in [5.74, 6) is -0.383. The van der Waals surface area contributed by atoms with Crippen LogP contribution in [0.5, 0.6) is 0 Å². The zero-order chi connectivity index (χ0) is 18.9. The maximum Gasteiger partial charge on any atom is 0.339 e. The van der Waals surface area contributed by atoms with E-state index in [0.717, 1.165) is 16.8 Å². The summed E-state index contributed by atoms with van der Waals surface area (Å²) in [7, 11) is 0. The molecule has 136 valence electrons. The van der Waals surface area contributed by atoms with Crippen LogP contribution < -0.4 is 0 Å². The SMILES string of the molecule is CCOC(=O)c1ccc(CON=C(c2ccccc2)c2ccccc2)nc1. The quantitative estimate of drug-likeness (QED) is 0.359. The lowest BCUT2D eigenvalue weighted by atomic mass is 10.0. The van der Waals surface area contributed by atoms with Crippen LogP contribution in [0.3, 0.4) is 0 Å². The van der Waals surface area contributed by atoms with Gasteiger partial charge in [0.1, 0.15) is 5.71 Å². The van der Waals surface area contributed by atoms with E-state index in [0.29, 0.717) is 17.9 Å². The predicted octanol–water partition coefficient (Wildman–Crippen LogP) is 4.23. The second kappa shape index (κ2) is 9.29. The second-order valence-corrected chi connectivity index (χ2v) is 5.70. The number of rotatable bonds is 7. The van der Waals surface area contributed by atoms with Crippen LogP contribution >= 0.6 is 0 Å². The van der Waals surface area contributed by atoms with Crippen LogP contribution in [0.2, 0.25) is 0 Å². The zero-order valence-electron chi connectivity index (χ0n) is 15.0. The fourth-order valence-corrected chi connectivity index (χ4v) is 2.47. The van der Waals surface area contributed by atoms with Crippen LogP contribution in [0.4, 0.5) is 0 Å². The number of esters is 1. The van der Waals surface area contributed by atoms with Crippen LogP contribution in [0, 0.1) is 0 Å². The van der Waals surface area contributed by atoms with Gasteiger partial charge in [0.15, 0.2) is 6.61 Å². The molecule has 5 heteroatoms. The van der Waals surface area contributed by atoms with Crippen LogP contribution in [-0.2, 0) is 16.2 Å². The summed E-state index contributed by atoms with van der Waals surface area (Å²) >= 11 is 0. The van der Waals surface area contributed by atoms with Crippen molar-refractivity contribution in [3.8, 4) is 0 Å². The molecular formula is C22H20N2O3. The molecule has 0 saturated heterocycles. The lowest BCUT2D eigenvalue weighted by molar-refractivity contribution is 0.0525. The molecule has 0 saturated carbocycles. The van der Waals surface area contributed by atoms with Gasteiger partial charge in [0.2, 0.25) is 0 Å². The van der Waals surface area contributed by atoms with Gasteiger partial charge in [0.25, 0.3) is 0 Å². The molecule has 5 nitrogen and oxygen atoms in total. The smallest absolute Gasteiger partial charge is 0.339 e. The van der Waals surface area contributed by atoms with Crippen molar-refractivity contribution in [2.75, 3.05) is 6.61 Å². The number of oxime groups is 1. The Morgan fingerprint density at radius 2 is 1.52 bits per heavy atom. The molecule has 0 aliphatic rings. The Morgan fingerprint density at radius 3 is 2.04 bits per heavy atom. The summed E-state index contributed by atoms with van der Waals surface area (Å²) in [5, 5.41) is 4.33. The monoisotopic (exact) mass is 360 g/mol. The van der Waals surface area contributed by atoms with Crippen molar-refractivity contribution < 1.29 is 14.4 Å². The fourth-order valence-electron chi connectivity index (χ4n) is 2.47. The summed E-state index contributed by atoms with van der Waals surface area (Å²) in [5.41, 5.74) is 3.77. The average molecular weight is 360 g/mol. The number of ether oxygens (including phenoxy) is 1. The summed E-state index contributed by atoms with van der Waals surface area (Å²) in [4.78, 5) is 21.4. The van der Waals surface area contributed by atoms with Crippen LogP contribution in [0.1, 0.15) is 34.1 Å². The van der Waals surface area contributed by atoms with Crippen molar-refractivity contribution in [1.82, 2.24) is 4.98 Å². The lowest BCUT2D eigenvalue weighted by Crippen LogP contribution is -2.06. The highest BCUT2D eigenvalue weighted by Crippen LogP contribution is 2.12. The van der Waals surface area contributed by atoms with Crippen molar-refractivity contribution in [3.05, 3.63) is 101 Å². The average Bonchev–Trinajstić information content (AvgIpc) is 2.73. The topological polar surface area (TPSA) is 60.8 Å².